The van der Waals surface area contributed by atoms with E-state index in [4.69, 9.17) is 9.47 Å². The highest BCUT2D eigenvalue weighted by Gasteiger charge is 2.79. The van der Waals surface area contributed by atoms with Crippen molar-refractivity contribution >= 4 is 40.6 Å². The van der Waals surface area contributed by atoms with E-state index in [-0.39, 0.29) is 31.3 Å². The summed E-state index contributed by atoms with van der Waals surface area (Å²) in [7, 11) is 0. The van der Waals surface area contributed by atoms with Crippen LogP contribution in [0.3, 0.4) is 0 Å². The first-order valence-corrected chi connectivity index (χ1v) is 14.1. The lowest BCUT2D eigenvalue weighted by Gasteiger charge is -2.63. The molecule has 0 aromatic rings. The first-order chi connectivity index (χ1) is 18.1. The van der Waals surface area contributed by atoms with E-state index in [1.807, 2.05) is 0 Å². The molecule has 0 heterocycles. The average molecular weight is 569 g/mol. The van der Waals surface area contributed by atoms with Crippen molar-refractivity contribution in [1.82, 2.24) is 0 Å². The lowest BCUT2D eigenvalue weighted by molar-refractivity contribution is -0.236. The van der Waals surface area contributed by atoms with Gasteiger partial charge in [-0.2, -0.15) is 0 Å². The molecule has 0 radical (unpaired) electrons. The minimum atomic E-state index is -2.34. The molecule has 0 aliphatic heterocycles. The van der Waals surface area contributed by atoms with Crippen LogP contribution in [0, 0.1) is 28.6 Å². The molecule has 0 aromatic carbocycles. The predicted molar refractivity (Wildman–Crippen MR) is 137 cm³/mol. The largest absolute Gasteiger partial charge is 0.481 e. The summed E-state index contributed by atoms with van der Waals surface area (Å²) < 4.78 is 45.3. The number of aliphatic carboxylic acids is 1. The Labute approximate surface area is 229 Å². The molecule has 1 N–H and O–H groups in total. The third-order valence-electron chi connectivity index (χ3n) is 9.65. The van der Waals surface area contributed by atoms with Gasteiger partial charge in [0.05, 0.1) is 5.75 Å². The fraction of sp³-hybridized carbons (Fsp3) is 0.679. The van der Waals surface area contributed by atoms with E-state index in [9.17, 15) is 29.1 Å². The van der Waals surface area contributed by atoms with E-state index < -0.39 is 86.7 Å². The molecule has 4 rings (SSSR count). The van der Waals surface area contributed by atoms with Crippen LogP contribution in [0.2, 0.25) is 0 Å². The minimum Gasteiger partial charge on any atom is -0.481 e. The zero-order valence-electron chi connectivity index (χ0n) is 22.6. The summed E-state index contributed by atoms with van der Waals surface area (Å²) in [6, 6.07) is 0. The fourth-order valence-corrected chi connectivity index (χ4v) is 8.94. The van der Waals surface area contributed by atoms with Crippen LogP contribution in [-0.2, 0) is 33.4 Å². The number of halogens is 2. The smallest absolute Gasteiger partial charge is 0.313 e. The van der Waals surface area contributed by atoms with Gasteiger partial charge in [0.1, 0.15) is 12.3 Å². The van der Waals surface area contributed by atoms with Crippen molar-refractivity contribution in [3.63, 3.8) is 0 Å². The van der Waals surface area contributed by atoms with Gasteiger partial charge >= 0.3 is 17.9 Å². The highest BCUT2D eigenvalue weighted by atomic mass is 32.2. The number of allylic oxidation sites excluding steroid dienone is 4. The van der Waals surface area contributed by atoms with Gasteiger partial charge in [-0.1, -0.05) is 38.6 Å². The SMILES string of the molecule is CCC(=O)O[C@]1(C(=O)SCC(=O)O)[C@H](C)CC2C3C[C@H](F)C4=CC(=O)C=C[C@]4(C)[C@@]3(F)[C@@H](OC(C)=O)C[C@@]21C. The van der Waals surface area contributed by atoms with Crippen LogP contribution in [0.25, 0.3) is 0 Å². The Morgan fingerprint density at radius 2 is 1.85 bits per heavy atom. The molecule has 11 heteroatoms. The molecule has 39 heavy (non-hydrogen) atoms. The maximum absolute atomic E-state index is 17.9. The third kappa shape index (κ3) is 4.09. The summed E-state index contributed by atoms with van der Waals surface area (Å²) in [6.07, 6.45) is 0.0887. The van der Waals surface area contributed by atoms with Gasteiger partial charge in [0.2, 0.25) is 5.12 Å². The Balaban J connectivity index is 1.92. The monoisotopic (exact) mass is 568 g/mol. The Morgan fingerprint density at radius 3 is 2.44 bits per heavy atom. The van der Waals surface area contributed by atoms with E-state index in [0.29, 0.717) is 11.8 Å². The predicted octanol–water partition coefficient (Wildman–Crippen LogP) is 4.16. The molecule has 4 aliphatic rings. The Bertz CT molecular complexity index is 1180. The number of carboxylic acids is 1. The third-order valence-corrected chi connectivity index (χ3v) is 10.6. The summed E-state index contributed by atoms with van der Waals surface area (Å²) in [5, 5.41) is 8.55. The van der Waals surface area contributed by atoms with Gasteiger partial charge in [-0.25, -0.2) is 8.78 Å². The van der Waals surface area contributed by atoms with Gasteiger partial charge in [0.25, 0.3) is 0 Å². The van der Waals surface area contributed by atoms with Crippen LogP contribution in [0.5, 0.6) is 0 Å². The van der Waals surface area contributed by atoms with Gasteiger partial charge in [-0.05, 0) is 49.8 Å². The quantitative estimate of drug-likeness (QED) is 0.471. The Morgan fingerprint density at radius 1 is 1.18 bits per heavy atom. The molecular weight excluding hydrogens is 534 g/mol. The second-order valence-corrected chi connectivity index (χ2v) is 12.6. The van der Waals surface area contributed by atoms with Crippen molar-refractivity contribution in [3.05, 3.63) is 23.8 Å². The van der Waals surface area contributed by atoms with Gasteiger partial charge in [-0.15, -0.1) is 0 Å². The molecule has 214 valence electrons. The van der Waals surface area contributed by atoms with E-state index >= 15 is 8.78 Å². The second kappa shape index (κ2) is 9.82. The van der Waals surface area contributed by atoms with Crippen LogP contribution < -0.4 is 0 Å². The molecule has 8 nitrogen and oxygen atoms in total. The number of esters is 2. The number of carboxylic acid groups (broad SMARTS) is 1. The number of hydrogen-bond acceptors (Lipinski definition) is 8. The topological polar surface area (TPSA) is 124 Å². The van der Waals surface area contributed by atoms with Gasteiger partial charge in [0, 0.05) is 36.0 Å². The summed E-state index contributed by atoms with van der Waals surface area (Å²) in [6.45, 7) is 7.54. The van der Waals surface area contributed by atoms with Crippen molar-refractivity contribution in [2.24, 2.45) is 28.6 Å². The zero-order chi connectivity index (χ0) is 29.1. The molecule has 3 fully saturated rings. The highest BCUT2D eigenvalue weighted by Crippen LogP contribution is 2.72. The van der Waals surface area contributed by atoms with E-state index in [1.165, 1.54) is 19.1 Å². The number of rotatable bonds is 6. The molecule has 0 saturated heterocycles. The average Bonchev–Trinajstić information content (AvgIpc) is 3.07. The van der Waals surface area contributed by atoms with Crippen LogP contribution in [0.1, 0.15) is 60.3 Å². The summed E-state index contributed by atoms with van der Waals surface area (Å²) in [5.41, 5.74) is -7.13. The zero-order valence-corrected chi connectivity index (χ0v) is 23.4. The van der Waals surface area contributed by atoms with Gasteiger partial charge < -0.3 is 14.6 Å². The van der Waals surface area contributed by atoms with Crippen LogP contribution in [-0.4, -0.2) is 63.2 Å². The summed E-state index contributed by atoms with van der Waals surface area (Å²) in [4.78, 5) is 62.3. The van der Waals surface area contributed by atoms with Crippen molar-refractivity contribution in [3.8, 4) is 0 Å². The lowest BCUT2D eigenvalue weighted by atomic mass is 9.44. The number of hydrogen-bond donors (Lipinski definition) is 1. The standard InChI is InChI=1S/C28H34F2O8S/c1-6-23(35)38-28(24(36)39-13-22(33)34)14(2)9-17-18-11-20(29)19-10-16(32)7-8-25(19,4)27(18,30)21(37-15(3)31)12-26(17,28)5/h7-8,10,14,17-18,20-21H,6,9,11-13H2,1-5H3,(H,33,34)/t14-,17?,18?,20+,21+,25+,26+,27+,28+/m1/s1. The molecule has 9 atom stereocenters. The lowest BCUT2D eigenvalue weighted by Crippen LogP contribution is -2.71. The van der Waals surface area contributed by atoms with Gasteiger partial charge in [-0.3, -0.25) is 24.0 Å². The van der Waals surface area contributed by atoms with Crippen LogP contribution >= 0.6 is 11.8 Å². The maximum Gasteiger partial charge on any atom is 0.313 e. The normalized spacial score (nSPS) is 42.5. The summed E-state index contributed by atoms with van der Waals surface area (Å²) >= 11 is 0.504. The first kappa shape index (κ1) is 29.4. The number of ketones is 1. The fourth-order valence-electron chi connectivity index (χ4n) is 8.00. The van der Waals surface area contributed by atoms with Gasteiger partial charge in [0.15, 0.2) is 17.1 Å². The molecular formula is C28H34F2O8S. The number of fused-ring (bicyclic) bond motifs is 5. The number of thioether (sulfide) groups is 1. The molecule has 2 unspecified atom stereocenters. The molecule has 0 spiro atoms. The molecule has 4 aliphatic carbocycles. The van der Waals surface area contributed by atoms with E-state index in [0.717, 1.165) is 13.0 Å². The number of ether oxygens (including phenoxy) is 2. The molecule has 3 saturated carbocycles. The molecule has 0 bridgehead atoms. The van der Waals surface area contributed by atoms with Crippen LogP contribution in [0.4, 0.5) is 8.78 Å². The Hall–Kier alpha value is -2.56. The van der Waals surface area contributed by atoms with E-state index in [1.54, 1.807) is 20.8 Å². The van der Waals surface area contributed by atoms with Crippen LogP contribution in [0.15, 0.2) is 23.8 Å². The number of alkyl halides is 2. The van der Waals surface area contributed by atoms with Crippen molar-refractivity contribution in [2.75, 3.05) is 5.75 Å². The molecule has 0 aromatic heterocycles. The van der Waals surface area contributed by atoms with E-state index in [2.05, 4.69) is 0 Å². The summed E-state index contributed by atoms with van der Waals surface area (Å²) in [5.74, 6) is -6.16. The Kier molecular flexibility index (Phi) is 7.41. The number of carbonyl (C=O) groups is 5. The van der Waals surface area contributed by atoms with Crippen molar-refractivity contribution in [1.29, 1.82) is 0 Å². The number of carbonyl (C=O) groups excluding carboxylic acids is 4. The second-order valence-electron chi connectivity index (χ2n) is 11.6. The molecule has 0 amide bonds. The van der Waals surface area contributed by atoms with Crippen molar-refractivity contribution < 1.29 is 47.3 Å². The van der Waals surface area contributed by atoms with Crippen molar-refractivity contribution in [2.45, 2.75) is 83.8 Å². The highest BCUT2D eigenvalue weighted by molar-refractivity contribution is 8.14. The maximum atomic E-state index is 17.9. The first-order valence-electron chi connectivity index (χ1n) is 13.1. The minimum absolute atomic E-state index is 0.0164.